The fourth-order valence-electron chi connectivity index (χ4n) is 1.33. The lowest BCUT2D eigenvalue weighted by atomic mass is 10.0. The van der Waals surface area contributed by atoms with Crippen molar-refractivity contribution in [1.29, 1.82) is 0 Å². The van der Waals surface area contributed by atoms with Crippen LogP contribution in [0.5, 0.6) is 0 Å². The third-order valence-corrected chi connectivity index (χ3v) is 2.17. The zero-order valence-corrected chi connectivity index (χ0v) is 9.98. The maximum Gasteiger partial charge on any atom is 0.323 e. The minimum absolute atomic E-state index is 0.139. The van der Waals surface area contributed by atoms with E-state index >= 15 is 0 Å². The molecule has 0 bridgehead atoms. The topological polar surface area (TPSA) is 77.2 Å². The minimum atomic E-state index is -0.358. The summed E-state index contributed by atoms with van der Waals surface area (Å²) in [6, 6.07) is -0.358. The van der Waals surface area contributed by atoms with E-state index in [1.54, 1.807) is 6.92 Å². The number of hydrogen-bond donors (Lipinski definition) is 1. The Morgan fingerprint density at radius 2 is 2.25 bits per heavy atom. The lowest BCUT2D eigenvalue weighted by Gasteiger charge is -2.18. The summed E-state index contributed by atoms with van der Waals surface area (Å²) in [5, 5.41) is 6.77. The first-order valence-electron chi connectivity index (χ1n) is 5.15. The van der Waals surface area contributed by atoms with Gasteiger partial charge in [0.05, 0.1) is 13.7 Å². The van der Waals surface area contributed by atoms with Crippen LogP contribution in [0.2, 0.25) is 0 Å². The molecular formula is C10H17N3O3. The number of aryl methyl sites for hydroxylation is 1. The molecule has 0 fully saturated rings. The van der Waals surface area contributed by atoms with Crippen LogP contribution in [0.3, 0.4) is 0 Å². The van der Waals surface area contributed by atoms with Gasteiger partial charge in [0.2, 0.25) is 5.89 Å². The summed E-state index contributed by atoms with van der Waals surface area (Å²) in [6.07, 6.45) is 0. The van der Waals surface area contributed by atoms with Gasteiger partial charge in [-0.25, -0.2) is 0 Å². The van der Waals surface area contributed by atoms with Gasteiger partial charge in [0.15, 0.2) is 5.82 Å². The van der Waals surface area contributed by atoms with Gasteiger partial charge in [-0.15, -0.1) is 0 Å². The Kier molecular flexibility index (Phi) is 4.42. The van der Waals surface area contributed by atoms with Gasteiger partial charge in [-0.3, -0.25) is 10.1 Å². The molecule has 1 N–H and O–H groups in total. The number of methoxy groups -OCH3 is 1. The Morgan fingerprint density at radius 3 is 2.69 bits per heavy atom. The van der Waals surface area contributed by atoms with Crippen molar-refractivity contribution in [2.45, 2.75) is 33.4 Å². The molecule has 1 rings (SSSR count). The average molecular weight is 227 g/mol. The number of nitrogens with one attached hydrogen (secondary N) is 1. The van der Waals surface area contributed by atoms with Gasteiger partial charge < -0.3 is 9.26 Å². The summed E-state index contributed by atoms with van der Waals surface area (Å²) in [5.74, 6) is 0.902. The highest BCUT2D eigenvalue weighted by atomic mass is 16.5. The number of ether oxygens (including phenoxy) is 1. The molecule has 0 radical (unpaired) electrons. The quantitative estimate of drug-likeness (QED) is 0.745. The zero-order valence-electron chi connectivity index (χ0n) is 9.98. The third-order valence-electron chi connectivity index (χ3n) is 2.17. The second kappa shape index (κ2) is 5.60. The van der Waals surface area contributed by atoms with Crippen molar-refractivity contribution in [2.24, 2.45) is 5.92 Å². The van der Waals surface area contributed by atoms with Crippen LogP contribution >= 0.6 is 0 Å². The molecule has 1 aromatic heterocycles. The molecule has 1 atom stereocenters. The predicted octanol–water partition coefficient (Wildman–Crippen LogP) is 0.665. The number of hydrogen-bond acceptors (Lipinski definition) is 6. The van der Waals surface area contributed by atoms with Crippen molar-refractivity contribution >= 4 is 5.97 Å². The molecule has 1 heterocycles. The normalized spacial score (nSPS) is 12.8. The molecule has 90 valence electrons. The fraction of sp³-hybridized carbons (Fsp3) is 0.700. The number of nitrogens with zero attached hydrogens (tertiary/aromatic N) is 2. The highest BCUT2D eigenvalue weighted by Crippen LogP contribution is 2.04. The van der Waals surface area contributed by atoms with E-state index in [1.807, 2.05) is 13.8 Å². The summed E-state index contributed by atoms with van der Waals surface area (Å²) < 4.78 is 9.53. The molecule has 6 heteroatoms. The Bertz CT molecular complexity index is 349. The maximum absolute atomic E-state index is 11.4. The monoisotopic (exact) mass is 227 g/mol. The SMILES string of the molecule is COC(=O)C(NCc1noc(C)n1)C(C)C. The zero-order chi connectivity index (χ0) is 12.1. The van der Waals surface area contributed by atoms with E-state index in [-0.39, 0.29) is 17.9 Å². The minimum Gasteiger partial charge on any atom is -0.468 e. The molecule has 0 aromatic carbocycles. The summed E-state index contributed by atoms with van der Waals surface area (Å²) in [7, 11) is 1.37. The van der Waals surface area contributed by atoms with Crippen LogP contribution < -0.4 is 5.32 Å². The average Bonchev–Trinajstić information content (AvgIpc) is 2.63. The number of carbonyl (C=O) groups is 1. The first-order chi connectivity index (χ1) is 7.54. The van der Waals surface area contributed by atoms with Crippen LogP contribution in [-0.2, 0) is 16.1 Å². The molecule has 1 aromatic rings. The lowest BCUT2D eigenvalue weighted by molar-refractivity contribution is -0.144. The number of esters is 1. The van der Waals surface area contributed by atoms with Crippen molar-refractivity contribution in [1.82, 2.24) is 15.5 Å². The maximum atomic E-state index is 11.4. The molecule has 0 aliphatic rings. The molecule has 16 heavy (non-hydrogen) atoms. The van der Waals surface area contributed by atoms with Crippen molar-refractivity contribution in [3.8, 4) is 0 Å². The number of carbonyl (C=O) groups excluding carboxylic acids is 1. The molecular weight excluding hydrogens is 210 g/mol. The highest BCUT2D eigenvalue weighted by molar-refractivity contribution is 5.75. The van der Waals surface area contributed by atoms with Gasteiger partial charge in [-0.2, -0.15) is 4.98 Å². The van der Waals surface area contributed by atoms with Crippen LogP contribution in [0.1, 0.15) is 25.6 Å². The van der Waals surface area contributed by atoms with E-state index in [9.17, 15) is 4.79 Å². The number of aromatic nitrogens is 2. The predicted molar refractivity (Wildman–Crippen MR) is 56.5 cm³/mol. The van der Waals surface area contributed by atoms with Gasteiger partial charge >= 0.3 is 5.97 Å². The van der Waals surface area contributed by atoms with Crippen molar-refractivity contribution in [3.05, 3.63) is 11.7 Å². The van der Waals surface area contributed by atoms with E-state index in [1.165, 1.54) is 7.11 Å². The van der Waals surface area contributed by atoms with Crippen molar-refractivity contribution in [3.63, 3.8) is 0 Å². The molecule has 0 saturated carbocycles. The summed E-state index contributed by atoms with van der Waals surface area (Å²) in [6.45, 7) is 5.98. The first-order valence-corrected chi connectivity index (χ1v) is 5.15. The summed E-state index contributed by atoms with van der Waals surface area (Å²) >= 11 is 0. The van der Waals surface area contributed by atoms with Crippen LogP contribution in [0.4, 0.5) is 0 Å². The summed E-state index contributed by atoms with van der Waals surface area (Å²) in [4.78, 5) is 15.5. The van der Waals surface area contributed by atoms with Gasteiger partial charge in [0.25, 0.3) is 0 Å². The summed E-state index contributed by atoms with van der Waals surface area (Å²) in [5.41, 5.74) is 0. The van der Waals surface area contributed by atoms with E-state index < -0.39 is 0 Å². The Balaban J connectivity index is 2.53. The van der Waals surface area contributed by atoms with Crippen LogP contribution in [0, 0.1) is 12.8 Å². The molecule has 6 nitrogen and oxygen atoms in total. The Hall–Kier alpha value is -1.43. The molecule has 1 unspecified atom stereocenters. The van der Waals surface area contributed by atoms with Crippen molar-refractivity contribution < 1.29 is 14.1 Å². The van der Waals surface area contributed by atoms with E-state index in [0.29, 0.717) is 18.3 Å². The largest absolute Gasteiger partial charge is 0.468 e. The second-order valence-corrected chi connectivity index (χ2v) is 3.86. The molecule has 0 aliphatic heterocycles. The Labute approximate surface area is 94.4 Å². The van der Waals surface area contributed by atoms with Crippen LogP contribution in [0.15, 0.2) is 4.52 Å². The molecule has 0 aliphatic carbocycles. The molecule has 0 amide bonds. The smallest absolute Gasteiger partial charge is 0.323 e. The van der Waals surface area contributed by atoms with Crippen LogP contribution in [-0.4, -0.2) is 29.3 Å². The third kappa shape index (κ3) is 3.30. The molecule has 0 spiro atoms. The van der Waals surface area contributed by atoms with Gasteiger partial charge in [-0.1, -0.05) is 19.0 Å². The van der Waals surface area contributed by atoms with Gasteiger partial charge in [0.1, 0.15) is 6.04 Å². The Morgan fingerprint density at radius 1 is 1.56 bits per heavy atom. The van der Waals surface area contributed by atoms with E-state index in [2.05, 4.69) is 15.5 Å². The lowest BCUT2D eigenvalue weighted by Crippen LogP contribution is -2.41. The fourth-order valence-corrected chi connectivity index (χ4v) is 1.33. The standard InChI is InChI=1S/C10H17N3O3/c1-6(2)9(10(14)15-4)11-5-8-12-7(3)16-13-8/h6,9,11H,5H2,1-4H3. The van der Waals surface area contributed by atoms with Gasteiger partial charge in [-0.05, 0) is 5.92 Å². The van der Waals surface area contributed by atoms with Crippen molar-refractivity contribution in [2.75, 3.05) is 7.11 Å². The first kappa shape index (κ1) is 12.6. The number of rotatable bonds is 5. The highest BCUT2D eigenvalue weighted by Gasteiger charge is 2.22. The van der Waals surface area contributed by atoms with E-state index in [0.717, 1.165) is 0 Å². The van der Waals surface area contributed by atoms with Gasteiger partial charge in [0, 0.05) is 6.92 Å². The second-order valence-electron chi connectivity index (χ2n) is 3.86. The van der Waals surface area contributed by atoms with Crippen LogP contribution in [0.25, 0.3) is 0 Å². The van der Waals surface area contributed by atoms with E-state index in [4.69, 9.17) is 9.26 Å². The molecule has 0 saturated heterocycles.